The van der Waals surface area contributed by atoms with Gasteiger partial charge in [0.1, 0.15) is 5.82 Å². The number of fused-ring (bicyclic) bond motifs is 1. The van der Waals surface area contributed by atoms with Gasteiger partial charge in [-0.15, -0.1) is 0 Å². The number of halogens is 1. The van der Waals surface area contributed by atoms with Gasteiger partial charge in [-0.3, -0.25) is 9.97 Å². The number of pyridine rings is 3. The van der Waals surface area contributed by atoms with Gasteiger partial charge in [0.15, 0.2) is 5.82 Å². The van der Waals surface area contributed by atoms with E-state index in [0.29, 0.717) is 5.02 Å². The number of rotatable bonds is 4. The first-order valence-electron chi connectivity index (χ1n) is 10.4. The van der Waals surface area contributed by atoms with E-state index in [-0.39, 0.29) is 0 Å². The van der Waals surface area contributed by atoms with E-state index in [1.807, 2.05) is 41.6 Å². The summed E-state index contributed by atoms with van der Waals surface area (Å²) in [5.74, 6) is 1.60. The van der Waals surface area contributed by atoms with E-state index in [1.54, 1.807) is 0 Å². The molecule has 5 heterocycles. The monoisotopic (exact) mass is 418 g/mol. The summed E-state index contributed by atoms with van der Waals surface area (Å²) in [5.41, 5.74) is 4.02. The summed E-state index contributed by atoms with van der Waals surface area (Å²) in [6, 6.07) is 8.02. The van der Waals surface area contributed by atoms with Gasteiger partial charge in [-0.2, -0.15) is 5.10 Å². The highest BCUT2D eigenvalue weighted by atomic mass is 35.5. The third-order valence-electron chi connectivity index (χ3n) is 5.64. The van der Waals surface area contributed by atoms with E-state index in [4.69, 9.17) is 16.6 Å². The van der Waals surface area contributed by atoms with E-state index >= 15 is 0 Å². The van der Waals surface area contributed by atoms with Gasteiger partial charge in [-0.25, -0.2) is 9.67 Å². The summed E-state index contributed by atoms with van der Waals surface area (Å²) >= 11 is 6.49. The van der Waals surface area contributed by atoms with Gasteiger partial charge in [-0.05, 0) is 55.5 Å². The lowest BCUT2D eigenvalue weighted by Crippen LogP contribution is -2.30. The molecule has 6 nitrogen and oxygen atoms in total. The molecule has 7 heteroatoms. The first-order valence-corrected chi connectivity index (χ1v) is 10.8. The second-order valence-corrected chi connectivity index (χ2v) is 8.05. The van der Waals surface area contributed by atoms with Crippen molar-refractivity contribution in [2.75, 3.05) is 18.0 Å². The zero-order valence-electron chi connectivity index (χ0n) is 16.9. The molecule has 0 spiro atoms. The largest absolute Gasteiger partial charge is 0.355 e. The molecule has 4 aromatic rings. The molecule has 1 aliphatic heterocycles. The van der Waals surface area contributed by atoms with Crippen LogP contribution in [0.25, 0.3) is 28.0 Å². The van der Waals surface area contributed by atoms with Crippen molar-refractivity contribution in [2.45, 2.75) is 32.6 Å². The van der Waals surface area contributed by atoms with Crippen LogP contribution in [-0.4, -0.2) is 37.8 Å². The van der Waals surface area contributed by atoms with Crippen LogP contribution in [0.3, 0.4) is 0 Å². The van der Waals surface area contributed by atoms with Crippen LogP contribution in [0, 0.1) is 0 Å². The molecule has 0 N–H and O–H groups in total. The van der Waals surface area contributed by atoms with E-state index in [9.17, 15) is 0 Å². The van der Waals surface area contributed by atoms with Crippen LogP contribution in [0.5, 0.6) is 0 Å². The standard InChI is InChI=1S/C23H23ClN6/c1-2-16-10-17(13-25-12-16)20-11-21-18(14-26-20)15-27-30(21)22-7-6-19(24)23(28-22)29-8-4-3-5-9-29/h6-7,10-15H,2-5,8-9H2,1H3. The van der Waals surface area contributed by atoms with Crippen LogP contribution < -0.4 is 4.90 Å². The van der Waals surface area contributed by atoms with Crippen molar-refractivity contribution >= 4 is 28.3 Å². The molecule has 0 bridgehead atoms. The summed E-state index contributed by atoms with van der Waals surface area (Å²) in [6.45, 7) is 4.11. The molecule has 152 valence electrons. The van der Waals surface area contributed by atoms with Crippen LogP contribution in [0.15, 0.2) is 49.1 Å². The average Bonchev–Trinajstić information content (AvgIpc) is 3.23. The second kappa shape index (κ2) is 8.03. The zero-order chi connectivity index (χ0) is 20.5. The zero-order valence-corrected chi connectivity index (χ0v) is 17.7. The van der Waals surface area contributed by atoms with Crippen molar-refractivity contribution in [3.63, 3.8) is 0 Å². The van der Waals surface area contributed by atoms with Gasteiger partial charge in [-0.1, -0.05) is 18.5 Å². The Labute approximate surface area is 180 Å². The first-order chi connectivity index (χ1) is 14.7. The summed E-state index contributed by atoms with van der Waals surface area (Å²) in [6.07, 6.45) is 12.0. The van der Waals surface area contributed by atoms with E-state index in [0.717, 1.165) is 53.3 Å². The Morgan fingerprint density at radius 1 is 1.00 bits per heavy atom. The fraction of sp³-hybridized carbons (Fsp3) is 0.304. The Morgan fingerprint density at radius 3 is 2.70 bits per heavy atom. The van der Waals surface area contributed by atoms with Crippen LogP contribution in [0.1, 0.15) is 31.7 Å². The quantitative estimate of drug-likeness (QED) is 0.462. The summed E-state index contributed by atoms with van der Waals surface area (Å²) < 4.78 is 1.86. The number of hydrogen-bond donors (Lipinski definition) is 0. The molecule has 0 atom stereocenters. The molecule has 30 heavy (non-hydrogen) atoms. The minimum absolute atomic E-state index is 0.682. The molecule has 1 fully saturated rings. The molecule has 1 aliphatic rings. The maximum Gasteiger partial charge on any atom is 0.156 e. The molecular weight excluding hydrogens is 396 g/mol. The molecule has 0 saturated carbocycles. The Morgan fingerprint density at radius 2 is 1.87 bits per heavy atom. The van der Waals surface area contributed by atoms with Crippen molar-refractivity contribution in [1.29, 1.82) is 0 Å². The molecule has 1 saturated heterocycles. The highest BCUT2D eigenvalue weighted by molar-refractivity contribution is 6.33. The van der Waals surface area contributed by atoms with Crippen molar-refractivity contribution in [2.24, 2.45) is 0 Å². The van der Waals surface area contributed by atoms with E-state index < -0.39 is 0 Å². The average molecular weight is 419 g/mol. The van der Waals surface area contributed by atoms with E-state index in [1.165, 1.54) is 24.8 Å². The fourth-order valence-electron chi connectivity index (χ4n) is 3.95. The van der Waals surface area contributed by atoms with Gasteiger partial charge in [0.05, 0.1) is 22.4 Å². The van der Waals surface area contributed by atoms with Crippen LogP contribution in [-0.2, 0) is 6.42 Å². The SMILES string of the molecule is CCc1cncc(-c2cc3c(cn2)cnn3-c2ccc(Cl)c(N3CCCCC3)n2)c1. The number of anilines is 1. The molecule has 0 aromatic carbocycles. The smallest absolute Gasteiger partial charge is 0.156 e. The topological polar surface area (TPSA) is 59.7 Å². The summed E-state index contributed by atoms with van der Waals surface area (Å²) in [7, 11) is 0. The van der Waals surface area contributed by atoms with Crippen molar-refractivity contribution in [1.82, 2.24) is 24.7 Å². The number of nitrogens with zero attached hydrogens (tertiary/aromatic N) is 6. The van der Waals surface area contributed by atoms with Gasteiger partial charge in [0.25, 0.3) is 0 Å². The predicted octanol–water partition coefficient (Wildman–Crippen LogP) is 5.08. The Bertz CT molecular complexity index is 1200. The lowest BCUT2D eigenvalue weighted by atomic mass is 10.1. The molecule has 0 radical (unpaired) electrons. The lowest BCUT2D eigenvalue weighted by molar-refractivity contribution is 0.573. The Hall–Kier alpha value is -2.99. The van der Waals surface area contributed by atoms with Gasteiger partial charge < -0.3 is 4.90 Å². The van der Waals surface area contributed by atoms with Crippen molar-refractivity contribution < 1.29 is 0 Å². The molecule has 5 rings (SSSR count). The highest BCUT2D eigenvalue weighted by Gasteiger charge is 2.17. The van der Waals surface area contributed by atoms with Crippen molar-refractivity contribution in [3.8, 4) is 17.1 Å². The molecule has 0 aliphatic carbocycles. The van der Waals surface area contributed by atoms with Crippen LogP contribution in [0.2, 0.25) is 5.02 Å². The Balaban J connectivity index is 1.58. The fourth-order valence-corrected chi connectivity index (χ4v) is 4.17. The summed E-state index contributed by atoms with van der Waals surface area (Å²) in [5, 5.41) is 6.24. The normalized spacial score (nSPS) is 14.4. The van der Waals surface area contributed by atoms with Gasteiger partial charge in [0, 0.05) is 42.6 Å². The second-order valence-electron chi connectivity index (χ2n) is 7.64. The third kappa shape index (κ3) is 3.52. The molecule has 4 aromatic heterocycles. The number of aryl methyl sites for hydroxylation is 1. The summed E-state index contributed by atoms with van der Waals surface area (Å²) in [4.78, 5) is 16.1. The number of aromatic nitrogens is 5. The maximum absolute atomic E-state index is 6.49. The lowest BCUT2D eigenvalue weighted by Gasteiger charge is -2.28. The third-order valence-corrected chi connectivity index (χ3v) is 5.93. The van der Waals surface area contributed by atoms with E-state index in [2.05, 4.69) is 39.0 Å². The van der Waals surface area contributed by atoms with Gasteiger partial charge in [0.2, 0.25) is 0 Å². The first kappa shape index (κ1) is 19.0. The molecule has 0 unspecified atom stereocenters. The Kier molecular flexibility index (Phi) is 5.09. The molecule has 0 amide bonds. The van der Waals surface area contributed by atoms with Crippen molar-refractivity contribution in [3.05, 3.63) is 59.6 Å². The number of piperidine rings is 1. The highest BCUT2D eigenvalue weighted by Crippen LogP contribution is 2.29. The maximum atomic E-state index is 6.49. The minimum Gasteiger partial charge on any atom is -0.355 e. The predicted molar refractivity (Wildman–Crippen MR) is 120 cm³/mol. The van der Waals surface area contributed by atoms with Crippen LogP contribution >= 0.6 is 11.6 Å². The minimum atomic E-state index is 0.682. The number of hydrogen-bond acceptors (Lipinski definition) is 5. The molecular formula is C23H23ClN6. The van der Waals surface area contributed by atoms with Gasteiger partial charge >= 0.3 is 0 Å². The van der Waals surface area contributed by atoms with Crippen LogP contribution in [0.4, 0.5) is 5.82 Å².